The normalized spacial score (nSPS) is 14.8. The molecule has 1 N–H and O–H groups in total. The smallest absolute Gasteiger partial charge is 0.307 e. The van der Waals surface area contributed by atoms with E-state index in [-0.39, 0.29) is 5.82 Å². The van der Waals surface area contributed by atoms with Gasteiger partial charge in [0.05, 0.1) is 11.9 Å². The Morgan fingerprint density at radius 2 is 2.11 bits per heavy atom. The average molecular weight is 255 g/mol. The molecule has 8 heteroatoms. The Morgan fingerprint density at radius 1 is 1.28 bits per heavy atom. The molecule has 0 unspecified atom stereocenters. The van der Waals surface area contributed by atoms with Crippen molar-refractivity contribution in [2.24, 2.45) is 0 Å². The third-order valence-corrected chi connectivity index (χ3v) is 2.67. The van der Waals surface area contributed by atoms with Crippen molar-refractivity contribution in [2.75, 3.05) is 0 Å². The Bertz CT molecular complexity index is 589. The number of alkyl halides is 3. The lowest BCUT2D eigenvalue weighted by Crippen LogP contribution is -2.14. The lowest BCUT2D eigenvalue weighted by atomic mass is 10.3. The summed E-state index contributed by atoms with van der Waals surface area (Å²) < 4.78 is 39.0. The van der Waals surface area contributed by atoms with Crippen LogP contribution in [0.1, 0.15) is 17.1 Å². The molecule has 5 nitrogen and oxygen atoms in total. The lowest BCUT2D eigenvalue weighted by Gasteiger charge is -2.08. The summed E-state index contributed by atoms with van der Waals surface area (Å²) >= 11 is 0. The molecule has 1 aliphatic heterocycles. The van der Waals surface area contributed by atoms with Crippen LogP contribution in [0.2, 0.25) is 0 Å². The van der Waals surface area contributed by atoms with E-state index >= 15 is 0 Å². The molecule has 18 heavy (non-hydrogen) atoms. The Hall–Kier alpha value is -1.96. The summed E-state index contributed by atoms with van der Waals surface area (Å²) in [6.45, 7) is 1.24. The molecule has 94 valence electrons. The van der Waals surface area contributed by atoms with Gasteiger partial charge in [-0.05, 0) is 0 Å². The molecular weight excluding hydrogens is 247 g/mol. The van der Waals surface area contributed by atoms with Crippen molar-refractivity contribution in [3.63, 3.8) is 0 Å². The Labute approximate surface area is 99.7 Å². The Kier molecular flexibility index (Phi) is 2.34. The third kappa shape index (κ3) is 1.74. The molecule has 0 spiro atoms. The summed E-state index contributed by atoms with van der Waals surface area (Å²) in [5.74, 6) is -1.03. The van der Waals surface area contributed by atoms with Crippen LogP contribution in [0.25, 0.3) is 5.82 Å². The van der Waals surface area contributed by atoms with Crippen molar-refractivity contribution in [1.29, 1.82) is 0 Å². The zero-order valence-corrected chi connectivity index (χ0v) is 9.07. The van der Waals surface area contributed by atoms with E-state index in [0.717, 1.165) is 17.5 Å². The van der Waals surface area contributed by atoms with E-state index in [0.29, 0.717) is 13.1 Å². The minimum absolute atomic E-state index is 0.127. The maximum absolute atomic E-state index is 12.5. The van der Waals surface area contributed by atoms with Crippen molar-refractivity contribution < 1.29 is 13.2 Å². The number of halogens is 3. The summed E-state index contributed by atoms with van der Waals surface area (Å²) in [5, 5.41) is 7.15. The average Bonchev–Trinajstić information content (AvgIpc) is 2.89. The van der Waals surface area contributed by atoms with Crippen LogP contribution in [0.5, 0.6) is 0 Å². The van der Waals surface area contributed by atoms with E-state index in [1.165, 1.54) is 10.7 Å². The second kappa shape index (κ2) is 3.77. The molecule has 0 aliphatic carbocycles. The van der Waals surface area contributed by atoms with Crippen LogP contribution in [0.15, 0.2) is 18.5 Å². The van der Waals surface area contributed by atoms with Gasteiger partial charge in [-0.3, -0.25) is 0 Å². The van der Waals surface area contributed by atoms with Gasteiger partial charge in [0.2, 0.25) is 5.82 Å². The molecule has 0 bridgehead atoms. The minimum atomic E-state index is -4.55. The molecule has 0 saturated carbocycles. The fraction of sp³-hybridized carbons (Fsp3) is 0.300. The summed E-state index contributed by atoms with van der Waals surface area (Å²) in [7, 11) is 0. The molecule has 2 aromatic rings. The molecule has 0 fully saturated rings. The molecule has 1 aliphatic rings. The first-order valence-electron chi connectivity index (χ1n) is 5.23. The number of hydrogen-bond donors (Lipinski definition) is 1. The second-order valence-electron chi connectivity index (χ2n) is 3.87. The minimum Gasteiger partial charge on any atom is -0.307 e. The number of nitrogens with one attached hydrogen (secondary N) is 1. The van der Waals surface area contributed by atoms with E-state index in [2.05, 4.69) is 20.4 Å². The largest absolute Gasteiger partial charge is 0.451 e. The number of hydrogen-bond acceptors (Lipinski definition) is 4. The van der Waals surface area contributed by atoms with Gasteiger partial charge in [-0.1, -0.05) is 0 Å². The SMILES string of the molecule is FC(F)(F)c1nccc(-n2ncc3c2CNC3)n1. The molecule has 3 rings (SSSR count). The van der Waals surface area contributed by atoms with Crippen LogP contribution >= 0.6 is 0 Å². The predicted octanol–water partition coefficient (Wildman–Crippen LogP) is 1.28. The second-order valence-corrected chi connectivity index (χ2v) is 3.87. The number of rotatable bonds is 1. The first-order valence-corrected chi connectivity index (χ1v) is 5.23. The van der Waals surface area contributed by atoms with E-state index in [4.69, 9.17) is 0 Å². The third-order valence-electron chi connectivity index (χ3n) is 2.67. The van der Waals surface area contributed by atoms with Gasteiger partial charge in [-0.15, -0.1) is 0 Å². The molecule has 0 radical (unpaired) electrons. The van der Waals surface area contributed by atoms with Crippen molar-refractivity contribution >= 4 is 0 Å². The predicted molar refractivity (Wildman–Crippen MR) is 54.7 cm³/mol. The molecule has 3 heterocycles. The maximum atomic E-state index is 12.5. The Balaban J connectivity index is 2.07. The van der Waals surface area contributed by atoms with Gasteiger partial charge in [0.15, 0.2) is 5.82 Å². The molecular formula is C10H8F3N5. The van der Waals surface area contributed by atoms with E-state index in [9.17, 15) is 13.2 Å². The van der Waals surface area contributed by atoms with Crippen molar-refractivity contribution in [3.05, 3.63) is 35.5 Å². The highest BCUT2D eigenvalue weighted by molar-refractivity contribution is 5.30. The van der Waals surface area contributed by atoms with Gasteiger partial charge in [-0.25, -0.2) is 14.6 Å². The van der Waals surface area contributed by atoms with Crippen molar-refractivity contribution in [3.8, 4) is 5.82 Å². The van der Waals surface area contributed by atoms with Gasteiger partial charge in [0.25, 0.3) is 0 Å². The van der Waals surface area contributed by atoms with Crippen LogP contribution < -0.4 is 5.32 Å². The van der Waals surface area contributed by atoms with Crippen molar-refractivity contribution in [1.82, 2.24) is 25.1 Å². The van der Waals surface area contributed by atoms with Crippen LogP contribution in [0, 0.1) is 0 Å². The lowest BCUT2D eigenvalue weighted by molar-refractivity contribution is -0.145. The van der Waals surface area contributed by atoms with Crippen LogP contribution in [-0.2, 0) is 19.3 Å². The van der Waals surface area contributed by atoms with Crippen molar-refractivity contribution in [2.45, 2.75) is 19.3 Å². The maximum Gasteiger partial charge on any atom is 0.451 e. The monoisotopic (exact) mass is 255 g/mol. The van der Waals surface area contributed by atoms with Gasteiger partial charge in [0, 0.05) is 30.9 Å². The summed E-state index contributed by atoms with van der Waals surface area (Å²) in [6.07, 6.45) is -1.84. The zero-order chi connectivity index (χ0) is 12.8. The van der Waals surface area contributed by atoms with Gasteiger partial charge in [-0.2, -0.15) is 18.3 Å². The standard InChI is InChI=1S/C10H8F3N5/c11-10(12,13)9-15-2-1-8(17-9)18-7-5-14-3-6(7)4-16-18/h1-2,4,14H,3,5H2. The summed E-state index contributed by atoms with van der Waals surface area (Å²) in [4.78, 5) is 6.72. The van der Waals surface area contributed by atoms with Gasteiger partial charge < -0.3 is 5.32 Å². The highest BCUT2D eigenvalue weighted by Crippen LogP contribution is 2.26. The van der Waals surface area contributed by atoms with Crippen LogP contribution in [-0.4, -0.2) is 19.7 Å². The first kappa shape index (κ1) is 11.1. The number of fused-ring (bicyclic) bond motifs is 1. The quantitative estimate of drug-likeness (QED) is 0.834. The highest BCUT2D eigenvalue weighted by Gasteiger charge is 2.35. The molecule has 0 amide bonds. The highest BCUT2D eigenvalue weighted by atomic mass is 19.4. The molecule has 0 atom stereocenters. The Morgan fingerprint density at radius 3 is 2.89 bits per heavy atom. The fourth-order valence-corrected chi connectivity index (χ4v) is 1.86. The van der Waals surface area contributed by atoms with Gasteiger partial charge in [0.1, 0.15) is 0 Å². The van der Waals surface area contributed by atoms with Crippen LogP contribution in [0.3, 0.4) is 0 Å². The molecule has 0 aromatic carbocycles. The first-order chi connectivity index (χ1) is 8.55. The van der Waals surface area contributed by atoms with Gasteiger partial charge >= 0.3 is 6.18 Å². The molecule has 0 saturated heterocycles. The summed E-state index contributed by atoms with van der Waals surface area (Å²) in [5.41, 5.74) is 1.81. The zero-order valence-electron chi connectivity index (χ0n) is 9.07. The van der Waals surface area contributed by atoms with Crippen LogP contribution in [0.4, 0.5) is 13.2 Å². The van der Waals surface area contributed by atoms with E-state index in [1.807, 2.05) is 0 Å². The topological polar surface area (TPSA) is 55.6 Å². The molecule has 2 aromatic heterocycles. The summed E-state index contributed by atoms with van der Waals surface area (Å²) in [6, 6.07) is 1.40. The number of nitrogens with zero attached hydrogens (tertiary/aromatic N) is 4. The van der Waals surface area contributed by atoms with E-state index in [1.54, 1.807) is 6.20 Å². The fourth-order valence-electron chi connectivity index (χ4n) is 1.86. The number of aromatic nitrogens is 4. The van der Waals surface area contributed by atoms with E-state index < -0.39 is 12.0 Å².